The van der Waals surface area contributed by atoms with Gasteiger partial charge in [-0.25, -0.2) is 4.99 Å². The Morgan fingerprint density at radius 2 is 2.00 bits per heavy atom. The van der Waals surface area contributed by atoms with Crippen LogP contribution in [-0.2, 0) is 6.42 Å². The number of rotatable bonds is 3. The number of nitrogens with one attached hydrogen (secondary N) is 1. The van der Waals surface area contributed by atoms with E-state index in [2.05, 4.69) is 41.5 Å². The molecule has 1 atom stereocenters. The Hall–Kier alpha value is -1.81. The van der Waals surface area contributed by atoms with Gasteiger partial charge in [-0.1, -0.05) is 29.8 Å². The first-order valence-corrected chi connectivity index (χ1v) is 5.71. The van der Waals surface area contributed by atoms with Crippen molar-refractivity contribution in [1.82, 2.24) is 5.32 Å². The minimum absolute atomic E-state index is 0.374. The van der Waals surface area contributed by atoms with Crippen molar-refractivity contribution in [3.63, 3.8) is 0 Å². The van der Waals surface area contributed by atoms with Crippen molar-refractivity contribution in [2.24, 2.45) is 16.5 Å². The molecule has 0 fully saturated rings. The molecule has 1 aromatic carbocycles. The fraction of sp³-hybridized carbons (Fsp3) is 0.308. The lowest BCUT2D eigenvalue weighted by atomic mass is 9.99. The summed E-state index contributed by atoms with van der Waals surface area (Å²) in [5, 5.41) is 2.81. The molecule has 5 N–H and O–H groups in total. The average molecular weight is 230 g/mol. The van der Waals surface area contributed by atoms with Crippen molar-refractivity contribution in [2.45, 2.75) is 25.4 Å². The first-order valence-electron chi connectivity index (χ1n) is 5.71. The Morgan fingerprint density at radius 3 is 2.65 bits per heavy atom. The molecule has 1 aromatic rings. The minimum Gasteiger partial charge on any atom is -0.370 e. The zero-order chi connectivity index (χ0) is 12.3. The van der Waals surface area contributed by atoms with Crippen molar-refractivity contribution < 1.29 is 0 Å². The number of nitrogens with zero attached hydrogens (tertiary/aromatic N) is 1. The van der Waals surface area contributed by atoms with E-state index < -0.39 is 5.66 Å². The second kappa shape index (κ2) is 4.59. The van der Waals surface area contributed by atoms with Gasteiger partial charge in [0.2, 0.25) is 0 Å². The standard InChI is InChI=1S/C13H18N4/c1-10-2-4-11(5-3-10)6-7-13(15)8-9-16-12(14)17-13/h2-5,8-9H,6-7,15H2,1H3,(H3,14,16,17). The van der Waals surface area contributed by atoms with Gasteiger partial charge in [-0.3, -0.25) is 0 Å². The Kier molecular flexibility index (Phi) is 3.15. The van der Waals surface area contributed by atoms with E-state index in [4.69, 9.17) is 11.5 Å². The number of aryl methyl sites for hydroxylation is 2. The molecule has 0 aliphatic carbocycles. The highest BCUT2D eigenvalue weighted by atomic mass is 15.2. The molecule has 0 amide bonds. The number of guanidine groups is 1. The number of hydrogen-bond acceptors (Lipinski definition) is 4. The zero-order valence-electron chi connectivity index (χ0n) is 9.98. The smallest absolute Gasteiger partial charge is 0.194 e. The van der Waals surface area contributed by atoms with Crippen molar-refractivity contribution >= 4 is 5.96 Å². The summed E-state index contributed by atoms with van der Waals surface area (Å²) in [4.78, 5) is 4.22. The molecule has 1 heterocycles. The molecule has 4 heteroatoms. The molecule has 0 bridgehead atoms. The molecular formula is C13H18N4. The second-order valence-corrected chi connectivity index (χ2v) is 4.45. The summed E-state index contributed by atoms with van der Waals surface area (Å²) >= 11 is 0. The van der Waals surface area contributed by atoms with E-state index in [1.807, 2.05) is 6.08 Å². The van der Waals surface area contributed by atoms with Crippen LogP contribution in [0.1, 0.15) is 17.5 Å². The molecule has 1 aliphatic rings. The molecule has 0 saturated carbocycles. The van der Waals surface area contributed by atoms with Gasteiger partial charge in [-0.2, -0.15) is 0 Å². The maximum absolute atomic E-state index is 6.13. The molecule has 0 spiro atoms. The molecule has 0 radical (unpaired) electrons. The number of nitrogens with two attached hydrogens (primary N) is 2. The summed E-state index contributed by atoms with van der Waals surface area (Å²) < 4.78 is 0. The molecular weight excluding hydrogens is 212 g/mol. The van der Waals surface area contributed by atoms with Crippen LogP contribution in [-0.4, -0.2) is 11.6 Å². The van der Waals surface area contributed by atoms with Gasteiger partial charge in [-0.15, -0.1) is 0 Å². The Morgan fingerprint density at radius 1 is 1.29 bits per heavy atom. The van der Waals surface area contributed by atoms with Gasteiger partial charge in [0.15, 0.2) is 5.96 Å². The normalized spacial score (nSPS) is 23.1. The van der Waals surface area contributed by atoms with E-state index in [9.17, 15) is 0 Å². The van der Waals surface area contributed by atoms with Crippen molar-refractivity contribution in [3.8, 4) is 0 Å². The first-order chi connectivity index (χ1) is 8.07. The average Bonchev–Trinajstić information content (AvgIpc) is 2.28. The molecule has 1 aliphatic heterocycles. The van der Waals surface area contributed by atoms with Crippen LogP contribution in [0.3, 0.4) is 0 Å². The fourth-order valence-electron chi connectivity index (χ4n) is 1.80. The summed E-state index contributed by atoms with van der Waals surface area (Å²) in [5.74, 6) is 0.374. The summed E-state index contributed by atoms with van der Waals surface area (Å²) in [6.07, 6.45) is 5.22. The highest BCUT2D eigenvalue weighted by Gasteiger charge is 2.22. The van der Waals surface area contributed by atoms with Crippen LogP contribution in [0.15, 0.2) is 41.5 Å². The monoisotopic (exact) mass is 230 g/mol. The fourth-order valence-corrected chi connectivity index (χ4v) is 1.80. The number of benzene rings is 1. The van der Waals surface area contributed by atoms with Gasteiger partial charge in [0.05, 0.1) is 0 Å². The zero-order valence-corrected chi connectivity index (χ0v) is 9.98. The lowest BCUT2D eigenvalue weighted by Gasteiger charge is -2.25. The van der Waals surface area contributed by atoms with E-state index in [1.54, 1.807) is 6.20 Å². The van der Waals surface area contributed by atoms with Gasteiger partial charge in [0, 0.05) is 6.20 Å². The molecule has 0 aromatic heterocycles. The SMILES string of the molecule is Cc1ccc(CCC2(N)C=CNC(N)=N2)cc1. The van der Waals surface area contributed by atoms with E-state index in [1.165, 1.54) is 11.1 Å². The molecule has 4 nitrogen and oxygen atoms in total. The van der Waals surface area contributed by atoms with Gasteiger partial charge < -0.3 is 16.8 Å². The van der Waals surface area contributed by atoms with Crippen LogP contribution in [0, 0.1) is 6.92 Å². The highest BCUT2D eigenvalue weighted by Crippen LogP contribution is 2.17. The van der Waals surface area contributed by atoms with Crippen LogP contribution in [0.25, 0.3) is 0 Å². The van der Waals surface area contributed by atoms with E-state index in [-0.39, 0.29) is 0 Å². The van der Waals surface area contributed by atoms with Gasteiger partial charge in [0.25, 0.3) is 0 Å². The lowest BCUT2D eigenvalue weighted by Crippen LogP contribution is -2.44. The summed E-state index contributed by atoms with van der Waals surface area (Å²) in [7, 11) is 0. The Labute approximate surface area is 101 Å². The van der Waals surface area contributed by atoms with Gasteiger partial charge >= 0.3 is 0 Å². The summed E-state index contributed by atoms with van der Waals surface area (Å²) in [6, 6.07) is 8.45. The minimum atomic E-state index is -0.680. The lowest BCUT2D eigenvalue weighted by molar-refractivity contribution is 0.500. The molecule has 1 unspecified atom stereocenters. The van der Waals surface area contributed by atoms with Crippen molar-refractivity contribution in [3.05, 3.63) is 47.7 Å². The van der Waals surface area contributed by atoms with Crippen LogP contribution in [0.4, 0.5) is 0 Å². The van der Waals surface area contributed by atoms with E-state index in [0.29, 0.717) is 5.96 Å². The first kappa shape index (κ1) is 11.7. The highest BCUT2D eigenvalue weighted by molar-refractivity contribution is 5.80. The maximum atomic E-state index is 6.13. The van der Waals surface area contributed by atoms with E-state index >= 15 is 0 Å². The molecule has 2 rings (SSSR count). The quantitative estimate of drug-likeness (QED) is 0.725. The van der Waals surface area contributed by atoms with Crippen LogP contribution in [0.2, 0.25) is 0 Å². The molecule has 0 saturated heterocycles. The third-order valence-electron chi connectivity index (χ3n) is 2.87. The maximum Gasteiger partial charge on any atom is 0.194 e. The topological polar surface area (TPSA) is 76.4 Å². The molecule has 17 heavy (non-hydrogen) atoms. The predicted molar refractivity (Wildman–Crippen MR) is 70.3 cm³/mol. The molecule has 90 valence electrons. The number of aliphatic imine (C=N–C) groups is 1. The number of hydrogen-bond donors (Lipinski definition) is 3. The third-order valence-corrected chi connectivity index (χ3v) is 2.87. The second-order valence-electron chi connectivity index (χ2n) is 4.45. The van der Waals surface area contributed by atoms with Crippen molar-refractivity contribution in [2.75, 3.05) is 0 Å². The van der Waals surface area contributed by atoms with Gasteiger partial charge in [-0.05, 0) is 31.4 Å². The summed E-state index contributed by atoms with van der Waals surface area (Å²) in [5.41, 5.74) is 13.6. The van der Waals surface area contributed by atoms with Crippen LogP contribution in [0.5, 0.6) is 0 Å². The van der Waals surface area contributed by atoms with Crippen molar-refractivity contribution in [1.29, 1.82) is 0 Å². The summed E-state index contributed by atoms with van der Waals surface area (Å²) in [6.45, 7) is 2.08. The Balaban J connectivity index is 2.00. The Bertz CT molecular complexity index is 447. The predicted octanol–water partition coefficient (Wildman–Crippen LogP) is 1.01. The largest absolute Gasteiger partial charge is 0.370 e. The third kappa shape index (κ3) is 3.07. The van der Waals surface area contributed by atoms with Crippen LogP contribution < -0.4 is 16.8 Å². The van der Waals surface area contributed by atoms with Crippen LogP contribution >= 0.6 is 0 Å². The van der Waals surface area contributed by atoms with Gasteiger partial charge in [0.1, 0.15) is 5.66 Å². The van der Waals surface area contributed by atoms with E-state index in [0.717, 1.165) is 12.8 Å².